The quantitative estimate of drug-likeness (QED) is 0.775. The van der Waals surface area contributed by atoms with Gasteiger partial charge in [-0.25, -0.2) is 4.39 Å². The molecule has 5 heteroatoms. The van der Waals surface area contributed by atoms with Crippen molar-refractivity contribution >= 4 is 5.91 Å². The third-order valence-corrected chi connectivity index (χ3v) is 2.45. The Kier molecular flexibility index (Phi) is 5.03. The lowest BCUT2D eigenvalue weighted by molar-refractivity contribution is 0.0786. The average molecular weight is 239 g/mol. The molecule has 0 bridgehead atoms. The van der Waals surface area contributed by atoms with Gasteiger partial charge in [0.25, 0.3) is 5.91 Å². The smallest absolute Gasteiger partial charge is 0.256 e. The maximum atomic E-state index is 13.3. The van der Waals surface area contributed by atoms with Gasteiger partial charge in [-0.05, 0) is 33.1 Å². The molecule has 0 saturated heterocycles. The summed E-state index contributed by atoms with van der Waals surface area (Å²) >= 11 is 0. The predicted molar refractivity (Wildman–Crippen MR) is 64.3 cm³/mol. The average Bonchev–Trinajstić information content (AvgIpc) is 2.28. The van der Waals surface area contributed by atoms with Gasteiger partial charge in [-0.1, -0.05) is 0 Å². The number of aromatic nitrogens is 1. The van der Waals surface area contributed by atoms with Gasteiger partial charge in [0, 0.05) is 19.8 Å². The Morgan fingerprint density at radius 1 is 1.35 bits per heavy atom. The van der Waals surface area contributed by atoms with E-state index >= 15 is 0 Å². The van der Waals surface area contributed by atoms with Crippen molar-refractivity contribution in [1.29, 1.82) is 0 Å². The highest BCUT2D eigenvalue weighted by Crippen LogP contribution is 2.07. The summed E-state index contributed by atoms with van der Waals surface area (Å²) < 4.78 is 13.3. The van der Waals surface area contributed by atoms with Gasteiger partial charge in [-0.2, -0.15) is 0 Å². The summed E-state index contributed by atoms with van der Waals surface area (Å²) in [5, 5.41) is 0. The Bertz CT molecular complexity index is 382. The number of halogens is 1. The third-order valence-electron chi connectivity index (χ3n) is 2.45. The van der Waals surface area contributed by atoms with Gasteiger partial charge in [0.15, 0.2) is 5.82 Å². The minimum absolute atomic E-state index is 0.0763. The minimum Gasteiger partial charge on any atom is -0.342 e. The van der Waals surface area contributed by atoms with E-state index in [0.717, 1.165) is 19.2 Å². The molecule has 0 aromatic carbocycles. The highest BCUT2D eigenvalue weighted by atomic mass is 19.1. The molecular weight excluding hydrogens is 221 g/mol. The van der Waals surface area contributed by atoms with E-state index in [4.69, 9.17) is 0 Å². The van der Waals surface area contributed by atoms with Crippen molar-refractivity contribution in [2.75, 3.05) is 34.2 Å². The predicted octanol–water partition coefficient (Wildman–Crippen LogP) is 1.24. The van der Waals surface area contributed by atoms with Crippen LogP contribution in [0.1, 0.15) is 16.8 Å². The van der Waals surface area contributed by atoms with E-state index in [1.807, 2.05) is 19.0 Å². The van der Waals surface area contributed by atoms with Crippen molar-refractivity contribution in [3.05, 3.63) is 29.8 Å². The number of rotatable bonds is 5. The summed E-state index contributed by atoms with van der Waals surface area (Å²) in [5.41, 5.74) is 0.0763. The fourth-order valence-electron chi connectivity index (χ4n) is 1.48. The van der Waals surface area contributed by atoms with Crippen molar-refractivity contribution in [2.45, 2.75) is 6.42 Å². The highest BCUT2D eigenvalue weighted by molar-refractivity contribution is 5.94. The normalized spacial score (nSPS) is 10.6. The first-order chi connectivity index (χ1) is 8.02. The molecule has 1 aromatic rings. The highest BCUT2D eigenvalue weighted by Gasteiger charge is 2.15. The molecule has 0 fully saturated rings. The summed E-state index contributed by atoms with van der Waals surface area (Å²) in [7, 11) is 5.63. The molecule has 1 heterocycles. The molecule has 0 radical (unpaired) electrons. The Balaban J connectivity index is 2.55. The van der Waals surface area contributed by atoms with Gasteiger partial charge >= 0.3 is 0 Å². The molecule has 0 atom stereocenters. The van der Waals surface area contributed by atoms with Crippen molar-refractivity contribution in [1.82, 2.24) is 14.8 Å². The van der Waals surface area contributed by atoms with Crippen LogP contribution >= 0.6 is 0 Å². The molecule has 1 rings (SSSR count). The van der Waals surface area contributed by atoms with Gasteiger partial charge in [0.1, 0.15) is 0 Å². The second-order valence-corrected chi connectivity index (χ2v) is 4.24. The third kappa shape index (κ3) is 4.11. The van der Waals surface area contributed by atoms with Gasteiger partial charge in [0.2, 0.25) is 0 Å². The van der Waals surface area contributed by atoms with Crippen LogP contribution < -0.4 is 0 Å². The maximum absolute atomic E-state index is 13.3. The van der Waals surface area contributed by atoms with E-state index < -0.39 is 5.82 Å². The maximum Gasteiger partial charge on any atom is 0.256 e. The molecule has 0 spiro atoms. The summed E-state index contributed by atoms with van der Waals surface area (Å²) in [6.45, 7) is 1.51. The lowest BCUT2D eigenvalue weighted by atomic mass is 10.2. The fraction of sp³-hybridized carbons (Fsp3) is 0.500. The van der Waals surface area contributed by atoms with Crippen molar-refractivity contribution in [2.24, 2.45) is 0 Å². The Labute approximate surface area is 101 Å². The van der Waals surface area contributed by atoms with E-state index in [0.29, 0.717) is 6.54 Å². The molecule has 94 valence electrons. The molecule has 0 aliphatic rings. The van der Waals surface area contributed by atoms with Gasteiger partial charge in [-0.3, -0.25) is 9.78 Å². The lowest BCUT2D eigenvalue weighted by Gasteiger charge is -2.18. The number of hydrogen-bond acceptors (Lipinski definition) is 3. The van der Waals surface area contributed by atoms with Crippen LogP contribution in [0.2, 0.25) is 0 Å². The van der Waals surface area contributed by atoms with Gasteiger partial charge in [-0.15, -0.1) is 0 Å². The molecule has 0 aliphatic carbocycles. The molecule has 17 heavy (non-hydrogen) atoms. The van der Waals surface area contributed by atoms with Crippen LogP contribution in [-0.2, 0) is 0 Å². The molecule has 4 nitrogen and oxygen atoms in total. The summed E-state index contributed by atoms with van der Waals surface area (Å²) in [6.07, 6.45) is 3.34. The molecule has 1 aromatic heterocycles. The number of carbonyl (C=O) groups excluding carboxylic acids is 1. The Hall–Kier alpha value is -1.49. The summed E-state index contributed by atoms with van der Waals surface area (Å²) in [5.74, 6) is -0.874. The van der Waals surface area contributed by atoms with Crippen LogP contribution in [-0.4, -0.2) is 54.9 Å². The topological polar surface area (TPSA) is 36.4 Å². The first-order valence-corrected chi connectivity index (χ1v) is 5.52. The van der Waals surface area contributed by atoms with E-state index in [9.17, 15) is 9.18 Å². The SMILES string of the molecule is CN(C)CCCN(C)C(=O)c1ccncc1F. The summed E-state index contributed by atoms with van der Waals surface area (Å²) in [6, 6.07) is 1.40. The molecule has 0 aliphatic heterocycles. The largest absolute Gasteiger partial charge is 0.342 e. The zero-order chi connectivity index (χ0) is 12.8. The zero-order valence-electron chi connectivity index (χ0n) is 10.5. The van der Waals surface area contributed by atoms with Crippen molar-refractivity contribution in [3.63, 3.8) is 0 Å². The van der Waals surface area contributed by atoms with Crippen molar-refractivity contribution in [3.8, 4) is 0 Å². The van der Waals surface area contributed by atoms with E-state index in [1.165, 1.54) is 17.2 Å². The number of hydrogen-bond donors (Lipinski definition) is 0. The van der Waals surface area contributed by atoms with Gasteiger partial charge < -0.3 is 9.80 Å². The number of carbonyl (C=O) groups is 1. The van der Waals surface area contributed by atoms with Crippen LogP contribution in [0.5, 0.6) is 0 Å². The molecule has 0 saturated carbocycles. The van der Waals surface area contributed by atoms with E-state index in [-0.39, 0.29) is 11.5 Å². The van der Waals surface area contributed by atoms with Crippen LogP contribution in [0.15, 0.2) is 18.5 Å². The monoisotopic (exact) mass is 239 g/mol. The summed E-state index contributed by atoms with van der Waals surface area (Å²) in [4.78, 5) is 19.1. The molecule has 1 amide bonds. The Morgan fingerprint density at radius 3 is 2.65 bits per heavy atom. The minimum atomic E-state index is -0.572. The molecular formula is C12H18FN3O. The van der Waals surface area contributed by atoms with E-state index in [1.54, 1.807) is 7.05 Å². The van der Waals surface area contributed by atoms with E-state index in [2.05, 4.69) is 4.98 Å². The zero-order valence-corrected chi connectivity index (χ0v) is 10.5. The number of amides is 1. The van der Waals surface area contributed by atoms with Crippen molar-refractivity contribution < 1.29 is 9.18 Å². The first kappa shape index (κ1) is 13.6. The van der Waals surface area contributed by atoms with Gasteiger partial charge in [0.05, 0.1) is 11.8 Å². The Morgan fingerprint density at radius 2 is 2.06 bits per heavy atom. The van der Waals surface area contributed by atoms with Crippen LogP contribution in [0.4, 0.5) is 4.39 Å². The van der Waals surface area contributed by atoms with Crippen LogP contribution in [0.25, 0.3) is 0 Å². The van der Waals surface area contributed by atoms with Crippen LogP contribution in [0, 0.1) is 5.82 Å². The van der Waals surface area contributed by atoms with Crippen LogP contribution in [0.3, 0.4) is 0 Å². The molecule has 0 N–H and O–H groups in total. The fourth-order valence-corrected chi connectivity index (χ4v) is 1.48. The molecule has 0 unspecified atom stereocenters. The number of pyridine rings is 1. The number of nitrogens with zero attached hydrogens (tertiary/aromatic N) is 3. The lowest BCUT2D eigenvalue weighted by Crippen LogP contribution is -2.30. The first-order valence-electron chi connectivity index (χ1n) is 5.52. The second-order valence-electron chi connectivity index (χ2n) is 4.24. The standard InChI is InChI=1S/C12H18FN3O/c1-15(2)7-4-8-16(3)12(17)10-5-6-14-9-11(10)13/h5-6,9H,4,7-8H2,1-3H3. The second kappa shape index (κ2) is 6.30.